The summed E-state index contributed by atoms with van der Waals surface area (Å²) < 4.78 is 0. The van der Waals surface area contributed by atoms with E-state index in [1.807, 2.05) is 0 Å². The highest BCUT2D eigenvalue weighted by Crippen LogP contribution is 2.35. The number of hydrogen-bond acceptors (Lipinski definition) is 3. The van der Waals surface area contributed by atoms with E-state index in [0.717, 1.165) is 6.04 Å². The summed E-state index contributed by atoms with van der Waals surface area (Å²) in [6.45, 7) is 2.29. The number of rotatable bonds is 2. The van der Waals surface area contributed by atoms with Gasteiger partial charge in [0.25, 0.3) is 0 Å². The van der Waals surface area contributed by atoms with Crippen molar-refractivity contribution in [1.82, 2.24) is 15.3 Å². The van der Waals surface area contributed by atoms with Crippen molar-refractivity contribution in [1.29, 1.82) is 0 Å². The van der Waals surface area contributed by atoms with Gasteiger partial charge >= 0.3 is 0 Å². The highest BCUT2D eigenvalue weighted by molar-refractivity contribution is 5.22. The molecule has 86 valence electrons. The molecule has 0 saturated carbocycles. The standard InChI is InChI=1S/C12H23N3/c1-9-11(13-14(2)3)8-10-6-5-7-12(9)15(10)4/h10,12-13H,5-8H2,1-4H3. The van der Waals surface area contributed by atoms with Crippen LogP contribution < -0.4 is 5.43 Å². The summed E-state index contributed by atoms with van der Waals surface area (Å²) in [4.78, 5) is 2.57. The van der Waals surface area contributed by atoms with E-state index in [9.17, 15) is 0 Å². The minimum Gasteiger partial charge on any atom is -0.323 e. The van der Waals surface area contributed by atoms with E-state index >= 15 is 0 Å². The number of hydrazine groups is 1. The van der Waals surface area contributed by atoms with Gasteiger partial charge in [-0.25, -0.2) is 5.01 Å². The van der Waals surface area contributed by atoms with E-state index in [4.69, 9.17) is 0 Å². The lowest BCUT2D eigenvalue weighted by atomic mass is 9.83. The van der Waals surface area contributed by atoms with Crippen LogP contribution in [0, 0.1) is 0 Å². The number of fused-ring (bicyclic) bond motifs is 2. The molecule has 1 N–H and O–H groups in total. The van der Waals surface area contributed by atoms with Crippen molar-refractivity contribution in [2.24, 2.45) is 0 Å². The highest BCUT2D eigenvalue weighted by Gasteiger charge is 2.34. The Bertz CT molecular complexity index is 270. The Morgan fingerprint density at radius 3 is 2.73 bits per heavy atom. The van der Waals surface area contributed by atoms with E-state index < -0.39 is 0 Å². The smallest absolute Gasteiger partial charge is 0.0325 e. The van der Waals surface area contributed by atoms with Gasteiger partial charge in [-0.15, -0.1) is 0 Å². The van der Waals surface area contributed by atoms with Crippen LogP contribution in [-0.4, -0.2) is 43.1 Å². The Labute approximate surface area is 93.1 Å². The lowest BCUT2D eigenvalue weighted by Crippen LogP contribution is -2.50. The highest BCUT2D eigenvalue weighted by atomic mass is 15.5. The van der Waals surface area contributed by atoms with E-state index in [1.54, 1.807) is 5.57 Å². The Morgan fingerprint density at radius 2 is 2.07 bits per heavy atom. The van der Waals surface area contributed by atoms with Crippen LogP contribution in [0.5, 0.6) is 0 Å². The van der Waals surface area contributed by atoms with Gasteiger partial charge in [0, 0.05) is 38.3 Å². The zero-order valence-electron chi connectivity index (χ0n) is 10.4. The third-order valence-corrected chi connectivity index (χ3v) is 3.86. The Hall–Kier alpha value is -0.540. The molecule has 2 atom stereocenters. The first kappa shape index (κ1) is 11.0. The maximum atomic E-state index is 3.47. The van der Waals surface area contributed by atoms with Crippen LogP contribution in [0.25, 0.3) is 0 Å². The summed E-state index contributed by atoms with van der Waals surface area (Å²) in [5, 5.41) is 2.06. The van der Waals surface area contributed by atoms with Crippen molar-refractivity contribution in [2.45, 2.75) is 44.7 Å². The maximum absolute atomic E-state index is 3.47. The van der Waals surface area contributed by atoms with Crippen molar-refractivity contribution in [3.05, 3.63) is 11.3 Å². The number of nitrogens with one attached hydrogen (secondary N) is 1. The Balaban J connectivity index is 2.20. The van der Waals surface area contributed by atoms with Gasteiger partial charge in [0.2, 0.25) is 0 Å². The molecule has 0 aromatic heterocycles. The van der Waals surface area contributed by atoms with Gasteiger partial charge in [-0.2, -0.15) is 0 Å². The minimum atomic E-state index is 0.681. The van der Waals surface area contributed by atoms with Gasteiger partial charge in [-0.1, -0.05) is 0 Å². The van der Waals surface area contributed by atoms with Crippen LogP contribution >= 0.6 is 0 Å². The lowest BCUT2D eigenvalue weighted by molar-refractivity contribution is 0.112. The summed E-state index contributed by atoms with van der Waals surface area (Å²) in [6, 6.07) is 1.44. The molecule has 3 nitrogen and oxygen atoms in total. The second kappa shape index (κ2) is 4.14. The predicted octanol–water partition coefficient (Wildman–Crippen LogP) is 1.58. The van der Waals surface area contributed by atoms with Crippen molar-refractivity contribution in [3.63, 3.8) is 0 Å². The first-order valence-corrected chi connectivity index (χ1v) is 5.95. The molecule has 0 radical (unpaired) electrons. The average molecular weight is 209 g/mol. The topological polar surface area (TPSA) is 18.5 Å². The van der Waals surface area contributed by atoms with E-state index in [-0.39, 0.29) is 0 Å². The molecular weight excluding hydrogens is 186 g/mol. The van der Waals surface area contributed by atoms with Gasteiger partial charge in [-0.3, -0.25) is 4.90 Å². The van der Waals surface area contributed by atoms with Crippen LogP contribution in [0.15, 0.2) is 11.3 Å². The molecule has 2 heterocycles. The first-order chi connectivity index (χ1) is 7.09. The molecule has 1 fully saturated rings. The van der Waals surface area contributed by atoms with Crippen LogP contribution in [-0.2, 0) is 0 Å². The molecule has 0 aromatic rings. The Kier molecular flexibility index (Phi) is 3.03. The quantitative estimate of drug-likeness (QED) is 0.697. The largest absolute Gasteiger partial charge is 0.323 e. The second-order valence-electron chi connectivity index (χ2n) is 5.14. The predicted molar refractivity (Wildman–Crippen MR) is 63.3 cm³/mol. The van der Waals surface area contributed by atoms with Crippen molar-refractivity contribution in [2.75, 3.05) is 21.1 Å². The summed E-state index contributed by atoms with van der Waals surface area (Å²) >= 11 is 0. The van der Waals surface area contributed by atoms with Crippen LogP contribution in [0.3, 0.4) is 0 Å². The lowest BCUT2D eigenvalue weighted by Gasteiger charge is -2.45. The molecule has 0 aromatic carbocycles. The van der Waals surface area contributed by atoms with E-state index in [1.165, 1.54) is 31.4 Å². The van der Waals surface area contributed by atoms with Gasteiger partial charge < -0.3 is 5.43 Å². The zero-order chi connectivity index (χ0) is 11.0. The maximum Gasteiger partial charge on any atom is 0.0325 e. The average Bonchev–Trinajstić information content (AvgIpc) is 2.15. The number of hydrogen-bond donors (Lipinski definition) is 1. The molecule has 2 rings (SSSR count). The SMILES string of the molecule is CC1=C(NN(C)C)CC2CCCC1N2C. The molecule has 2 unspecified atom stereocenters. The van der Waals surface area contributed by atoms with Crippen molar-refractivity contribution < 1.29 is 0 Å². The number of piperidine rings is 1. The second-order valence-corrected chi connectivity index (χ2v) is 5.14. The minimum absolute atomic E-state index is 0.681. The molecule has 2 aliphatic heterocycles. The number of likely N-dealkylation sites (N-methyl/N-ethyl adjacent to an activating group) is 1. The van der Waals surface area contributed by atoms with E-state index in [0.29, 0.717) is 6.04 Å². The van der Waals surface area contributed by atoms with Gasteiger partial charge in [0.05, 0.1) is 0 Å². The van der Waals surface area contributed by atoms with Crippen LogP contribution in [0.1, 0.15) is 32.6 Å². The summed E-state index contributed by atoms with van der Waals surface area (Å²) in [5.41, 5.74) is 6.46. The normalized spacial score (nSPS) is 32.3. The third-order valence-electron chi connectivity index (χ3n) is 3.86. The molecule has 2 aliphatic rings. The molecule has 0 aliphatic carbocycles. The van der Waals surface area contributed by atoms with E-state index in [2.05, 4.69) is 43.4 Å². The van der Waals surface area contributed by atoms with Crippen molar-refractivity contribution in [3.8, 4) is 0 Å². The zero-order valence-corrected chi connectivity index (χ0v) is 10.4. The van der Waals surface area contributed by atoms with Gasteiger partial charge in [0.1, 0.15) is 0 Å². The van der Waals surface area contributed by atoms with Crippen LogP contribution in [0.2, 0.25) is 0 Å². The first-order valence-electron chi connectivity index (χ1n) is 5.95. The fraction of sp³-hybridized carbons (Fsp3) is 0.833. The van der Waals surface area contributed by atoms with Gasteiger partial charge in [-0.05, 0) is 38.8 Å². The molecule has 0 amide bonds. The Morgan fingerprint density at radius 1 is 1.33 bits per heavy atom. The number of nitrogens with zero attached hydrogens (tertiary/aromatic N) is 2. The summed E-state index contributed by atoms with van der Waals surface area (Å²) in [6.07, 6.45) is 5.28. The molecule has 1 saturated heterocycles. The monoisotopic (exact) mass is 209 g/mol. The third kappa shape index (κ3) is 2.04. The molecular formula is C12H23N3. The molecule has 15 heavy (non-hydrogen) atoms. The fourth-order valence-corrected chi connectivity index (χ4v) is 2.98. The van der Waals surface area contributed by atoms with Crippen LogP contribution in [0.4, 0.5) is 0 Å². The summed E-state index contributed by atoms with van der Waals surface area (Å²) in [7, 11) is 6.41. The molecule has 3 heteroatoms. The molecule has 2 bridgehead atoms. The van der Waals surface area contributed by atoms with Gasteiger partial charge in [0.15, 0.2) is 0 Å². The van der Waals surface area contributed by atoms with Crippen molar-refractivity contribution >= 4 is 0 Å². The summed E-state index contributed by atoms with van der Waals surface area (Å²) in [5.74, 6) is 0. The fourth-order valence-electron chi connectivity index (χ4n) is 2.98. The molecule has 0 spiro atoms.